The lowest BCUT2D eigenvalue weighted by atomic mass is 9.86. The Balaban J connectivity index is 1.99. The molecule has 0 aromatic heterocycles. The van der Waals surface area contributed by atoms with Crippen LogP contribution in [0.3, 0.4) is 0 Å². The Morgan fingerprint density at radius 1 is 1.00 bits per heavy atom. The van der Waals surface area contributed by atoms with Crippen molar-refractivity contribution in [3.8, 4) is 0 Å². The summed E-state index contributed by atoms with van der Waals surface area (Å²) in [6.07, 6.45) is 6.36. The Bertz CT molecular complexity index is 167. The van der Waals surface area contributed by atoms with Crippen LogP contribution >= 0.6 is 0 Å². The molecule has 54 valence electrons. The van der Waals surface area contributed by atoms with Crippen molar-refractivity contribution >= 4 is 0 Å². The number of fused-ring (bicyclic) bond motifs is 5. The van der Waals surface area contributed by atoms with E-state index >= 15 is 0 Å². The molecule has 1 nitrogen and oxygen atoms in total. The van der Waals surface area contributed by atoms with Crippen LogP contribution in [0.25, 0.3) is 0 Å². The second-order valence-electron chi connectivity index (χ2n) is 3.93. The molecule has 2 aliphatic carbocycles. The third-order valence-corrected chi connectivity index (χ3v) is 3.56. The molecule has 4 atom stereocenters. The van der Waals surface area contributed by atoms with Crippen molar-refractivity contribution in [2.45, 2.75) is 6.42 Å². The summed E-state index contributed by atoms with van der Waals surface area (Å²) in [5.41, 5.74) is 0. The fraction of sp³-hybridized carbons (Fsp3) is 0.778. The lowest BCUT2D eigenvalue weighted by Crippen LogP contribution is -2.16. The van der Waals surface area contributed by atoms with Crippen LogP contribution in [0.4, 0.5) is 0 Å². The van der Waals surface area contributed by atoms with Gasteiger partial charge < -0.3 is 5.32 Å². The fourth-order valence-electron chi connectivity index (χ4n) is 3.05. The van der Waals surface area contributed by atoms with Gasteiger partial charge in [0.25, 0.3) is 0 Å². The molecule has 0 aromatic carbocycles. The molecule has 2 bridgehead atoms. The highest BCUT2D eigenvalue weighted by Gasteiger charge is 2.46. The van der Waals surface area contributed by atoms with E-state index < -0.39 is 0 Å². The van der Waals surface area contributed by atoms with E-state index in [1.807, 2.05) is 0 Å². The number of rotatable bonds is 0. The van der Waals surface area contributed by atoms with E-state index in [-0.39, 0.29) is 0 Å². The molecule has 1 saturated heterocycles. The lowest BCUT2D eigenvalue weighted by molar-refractivity contribution is 0.395. The summed E-state index contributed by atoms with van der Waals surface area (Å²) in [6, 6.07) is 0. The number of allylic oxidation sites excluding steroid dienone is 2. The molecule has 3 rings (SSSR count). The van der Waals surface area contributed by atoms with Gasteiger partial charge in [-0.3, -0.25) is 0 Å². The van der Waals surface area contributed by atoms with Gasteiger partial charge in [0, 0.05) is 0 Å². The van der Waals surface area contributed by atoms with E-state index in [2.05, 4.69) is 17.5 Å². The summed E-state index contributed by atoms with van der Waals surface area (Å²) in [5, 5.41) is 3.49. The van der Waals surface area contributed by atoms with Crippen LogP contribution in [0, 0.1) is 23.7 Å². The van der Waals surface area contributed by atoms with Crippen molar-refractivity contribution in [2.75, 3.05) is 13.1 Å². The quantitative estimate of drug-likeness (QED) is 0.489. The van der Waals surface area contributed by atoms with Crippen molar-refractivity contribution in [3.05, 3.63) is 12.2 Å². The topological polar surface area (TPSA) is 12.0 Å². The average Bonchev–Trinajstić information content (AvgIpc) is 2.60. The van der Waals surface area contributed by atoms with E-state index in [0.29, 0.717) is 0 Å². The van der Waals surface area contributed by atoms with E-state index in [0.717, 1.165) is 23.7 Å². The van der Waals surface area contributed by atoms with Gasteiger partial charge in [-0.2, -0.15) is 0 Å². The van der Waals surface area contributed by atoms with Crippen LogP contribution in [-0.4, -0.2) is 13.1 Å². The normalized spacial score (nSPS) is 56.0. The number of nitrogens with one attached hydrogen (secondary N) is 1. The maximum Gasteiger partial charge on any atom is -0.00114 e. The minimum Gasteiger partial charge on any atom is -0.316 e. The van der Waals surface area contributed by atoms with Crippen LogP contribution in [0.5, 0.6) is 0 Å². The van der Waals surface area contributed by atoms with Crippen molar-refractivity contribution < 1.29 is 0 Å². The molecular weight excluding hydrogens is 122 g/mol. The molecule has 0 spiro atoms. The first-order chi connectivity index (χ1) is 4.95. The van der Waals surface area contributed by atoms with Gasteiger partial charge in [0.2, 0.25) is 0 Å². The second-order valence-corrected chi connectivity index (χ2v) is 3.93. The van der Waals surface area contributed by atoms with Crippen molar-refractivity contribution in [1.82, 2.24) is 5.32 Å². The molecule has 2 fully saturated rings. The van der Waals surface area contributed by atoms with E-state index in [4.69, 9.17) is 0 Å². The largest absolute Gasteiger partial charge is 0.316 e. The maximum atomic E-state index is 3.49. The molecule has 1 heterocycles. The Morgan fingerprint density at radius 3 is 2.20 bits per heavy atom. The van der Waals surface area contributed by atoms with Crippen molar-refractivity contribution in [1.29, 1.82) is 0 Å². The highest BCUT2D eigenvalue weighted by molar-refractivity contribution is 5.15. The maximum absolute atomic E-state index is 3.49. The SMILES string of the molecule is C1=C[C@@H]2C[C@@H]1[C@@H]1CNC[C@@H]12. The standard InChI is InChI=1S/C9H13N/c1-2-7-3-6(1)8-4-10-5-9(7)8/h1-2,6-10H,3-5H2/t6-,7-,8-,9+/m1/s1. The lowest BCUT2D eigenvalue weighted by Gasteiger charge is -2.17. The summed E-state index contributed by atoms with van der Waals surface area (Å²) in [7, 11) is 0. The molecule has 1 heteroatoms. The van der Waals surface area contributed by atoms with Gasteiger partial charge in [0.15, 0.2) is 0 Å². The Labute approximate surface area is 61.5 Å². The van der Waals surface area contributed by atoms with E-state index in [1.54, 1.807) is 0 Å². The molecule has 10 heavy (non-hydrogen) atoms. The summed E-state index contributed by atoms with van der Waals surface area (Å²) in [4.78, 5) is 0. The van der Waals surface area contributed by atoms with Gasteiger partial charge in [-0.25, -0.2) is 0 Å². The van der Waals surface area contributed by atoms with Crippen LogP contribution < -0.4 is 5.32 Å². The van der Waals surface area contributed by atoms with E-state index in [1.165, 1.54) is 19.5 Å². The van der Waals surface area contributed by atoms with Gasteiger partial charge in [-0.05, 0) is 43.2 Å². The zero-order valence-corrected chi connectivity index (χ0v) is 6.09. The van der Waals surface area contributed by atoms with Gasteiger partial charge >= 0.3 is 0 Å². The molecular formula is C9H13N. The molecule has 0 aromatic rings. The van der Waals surface area contributed by atoms with Gasteiger partial charge in [0.05, 0.1) is 0 Å². The highest BCUT2D eigenvalue weighted by atomic mass is 14.9. The third-order valence-electron chi connectivity index (χ3n) is 3.56. The molecule has 1 N–H and O–H groups in total. The first kappa shape index (κ1) is 5.36. The monoisotopic (exact) mass is 135 g/mol. The minimum atomic E-state index is 0.949. The van der Waals surface area contributed by atoms with Crippen LogP contribution in [-0.2, 0) is 0 Å². The summed E-state index contributed by atoms with van der Waals surface area (Å²) < 4.78 is 0. The molecule has 1 aliphatic heterocycles. The fourth-order valence-corrected chi connectivity index (χ4v) is 3.05. The highest BCUT2D eigenvalue weighted by Crippen LogP contribution is 2.49. The Kier molecular flexibility index (Phi) is 0.883. The molecule has 1 saturated carbocycles. The Morgan fingerprint density at radius 2 is 1.60 bits per heavy atom. The average molecular weight is 135 g/mol. The summed E-state index contributed by atoms with van der Waals surface area (Å²) >= 11 is 0. The van der Waals surface area contributed by atoms with Gasteiger partial charge in [0.1, 0.15) is 0 Å². The predicted molar refractivity (Wildman–Crippen MR) is 40.6 cm³/mol. The van der Waals surface area contributed by atoms with Crippen LogP contribution in [0.15, 0.2) is 12.2 Å². The molecule has 0 unspecified atom stereocenters. The van der Waals surface area contributed by atoms with Gasteiger partial charge in [-0.15, -0.1) is 0 Å². The summed E-state index contributed by atoms with van der Waals surface area (Å²) in [5.74, 6) is 3.92. The van der Waals surface area contributed by atoms with E-state index in [9.17, 15) is 0 Å². The predicted octanol–water partition coefficient (Wildman–Crippen LogP) is 1.03. The zero-order chi connectivity index (χ0) is 6.55. The van der Waals surface area contributed by atoms with Crippen molar-refractivity contribution in [2.24, 2.45) is 23.7 Å². The summed E-state index contributed by atoms with van der Waals surface area (Å²) in [6.45, 7) is 2.58. The van der Waals surface area contributed by atoms with Gasteiger partial charge in [-0.1, -0.05) is 12.2 Å². The zero-order valence-electron chi connectivity index (χ0n) is 6.09. The van der Waals surface area contributed by atoms with Crippen molar-refractivity contribution in [3.63, 3.8) is 0 Å². The smallest absolute Gasteiger partial charge is 0.00114 e. The molecule has 3 aliphatic rings. The minimum absolute atomic E-state index is 0.949. The van der Waals surface area contributed by atoms with Crippen LogP contribution in [0.1, 0.15) is 6.42 Å². The first-order valence-electron chi connectivity index (χ1n) is 4.34. The third kappa shape index (κ3) is 0.485. The molecule has 0 amide bonds. The first-order valence-corrected chi connectivity index (χ1v) is 4.34. The number of hydrogen-bond donors (Lipinski definition) is 1. The second kappa shape index (κ2) is 1.65. The number of hydrogen-bond acceptors (Lipinski definition) is 1. The van der Waals surface area contributed by atoms with Crippen LogP contribution in [0.2, 0.25) is 0 Å². The molecule has 0 radical (unpaired) electrons. The Hall–Kier alpha value is -0.300.